The number of aliphatic carboxylic acids is 1. The van der Waals surface area contributed by atoms with Gasteiger partial charge in [0.1, 0.15) is 0 Å². The Morgan fingerprint density at radius 1 is 1.21 bits per heavy atom. The van der Waals surface area contributed by atoms with Crippen LogP contribution < -0.4 is 0 Å². The molecule has 146 valence electrons. The summed E-state index contributed by atoms with van der Waals surface area (Å²) >= 11 is 6.00. The van der Waals surface area contributed by atoms with E-state index in [1.54, 1.807) is 24.3 Å². The van der Waals surface area contributed by atoms with Gasteiger partial charge < -0.3 is 5.11 Å². The van der Waals surface area contributed by atoms with E-state index >= 15 is 0 Å². The zero-order valence-electron chi connectivity index (χ0n) is 15.6. The van der Waals surface area contributed by atoms with Crippen LogP contribution >= 0.6 is 11.6 Å². The Balaban J connectivity index is 2.33. The van der Waals surface area contributed by atoms with E-state index in [0.717, 1.165) is 16.7 Å². The van der Waals surface area contributed by atoms with Gasteiger partial charge in [0, 0.05) is 9.93 Å². The second kappa shape index (κ2) is 9.04. The summed E-state index contributed by atoms with van der Waals surface area (Å²) in [4.78, 5) is 11.0. The quantitative estimate of drug-likeness (QED) is 0.598. The molecular weight excluding hydrogens is 396 g/mol. The van der Waals surface area contributed by atoms with Crippen LogP contribution in [-0.4, -0.2) is 19.5 Å². The molecule has 28 heavy (non-hydrogen) atoms. The van der Waals surface area contributed by atoms with Crippen LogP contribution in [0.5, 0.6) is 0 Å². The van der Waals surface area contributed by atoms with Crippen LogP contribution in [0.3, 0.4) is 0 Å². The Bertz CT molecular complexity index is 1080. The molecule has 0 aliphatic rings. The number of allylic oxidation sites excluding steroid dienone is 4. The average Bonchev–Trinajstić information content (AvgIpc) is 2.61. The van der Waals surface area contributed by atoms with Gasteiger partial charge in [-0.25, -0.2) is 8.42 Å². The fourth-order valence-electron chi connectivity index (χ4n) is 2.63. The van der Waals surface area contributed by atoms with Crippen LogP contribution in [0.2, 0.25) is 5.02 Å². The highest BCUT2D eigenvalue weighted by atomic mass is 35.5. The van der Waals surface area contributed by atoms with Crippen LogP contribution in [0.1, 0.15) is 18.9 Å². The number of rotatable bonds is 7. The minimum Gasteiger partial charge on any atom is -0.481 e. The first kappa shape index (κ1) is 21.7. The fourth-order valence-corrected chi connectivity index (χ4v) is 4.03. The molecule has 0 fully saturated rings. The van der Waals surface area contributed by atoms with Crippen molar-refractivity contribution in [2.24, 2.45) is 0 Å². The SMILES string of the molecule is C=C(/C=C\C=C(/C)S(=O)(=O)c1cccc(-c2ccc(Cl)cc2C)c1)CC(=O)O. The molecule has 0 saturated carbocycles. The van der Waals surface area contributed by atoms with E-state index in [-0.39, 0.29) is 16.2 Å². The van der Waals surface area contributed by atoms with E-state index in [0.29, 0.717) is 10.6 Å². The monoisotopic (exact) mass is 416 g/mol. The minimum absolute atomic E-state index is 0.150. The molecule has 0 atom stereocenters. The van der Waals surface area contributed by atoms with Crippen molar-refractivity contribution in [2.45, 2.75) is 25.2 Å². The molecule has 0 radical (unpaired) electrons. The first-order chi connectivity index (χ1) is 13.1. The zero-order valence-corrected chi connectivity index (χ0v) is 17.2. The minimum atomic E-state index is -3.67. The van der Waals surface area contributed by atoms with Crippen molar-refractivity contribution in [1.82, 2.24) is 0 Å². The summed E-state index contributed by atoms with van der Waals surface area (Å²) in [6.45, 7) is 7.03. The normalized spacial score (nSPS) is 12.3. The Morgan fingerprint density at radius 2 is 1.93 bits per heavy atom. The van der Waals surface area contributed by atoms with Crippen molar-refractivity contribution in [3.8, 4) is 11.1 Å². The number of carbonyl (C=O) groups is 1. The highest BCUT2D eigenvalue weighted by Gasteiger charge is 2.17. The summed E-state index contributed by atoms with van der Waals surface area (Å²) in [6.07, 6.45) is 4.22. The molecule has 0 unspecified atom stereocenters. The largest absolute Gasteiger partial charge is 0.481 e. The lowest BCUT2D eigenvalue weighted by Crippen LogP contribution is -2.02. The third kappa shape index (κ3) is 5.44. The number of benzene rings is 2. The summed E-state index contributed by atoms with van der Waals surface area (Å²) in [5.41, 5.74) is 3.03. The van der Waals surface area contributed by atoms with E-state index in [9.17, 15) is 13.2 Å². The predicted octanol–water partition coefficient (Wildman–Crippen LogP) is 5.58. The third-order valence-electron chi connectivity index (χ3n) is 4.11. The molecule has 0 amide bonds. The van der Waals surface area contributed by atoms with Crippen molar-refractivity contribution < 1.29 is 18.3 Å². The Hall–Kier alpha value is -2.63. The van der Waals surface area contributed by atoms with Gasteiger partial charge in [0.25, 0.3) is 0 Å². The van der Waals surface area contributed by atoms with Gasteiger partial charge in [0.05, 0.1) is 11.3 Å². The lowest BCUT2D eigenvalue weighted by atomic mass is 10.0. The van der Waals surface area contributed by atoms with Crippen LogP contribution in [0.4, 0.5) is 0 Å². The number of aryl methyl sites for hydroxylation is 1. The average molecular weight is 417 g/mol. The molecule has 0 aliphatic heterocycles. The van der Waals surface area contributed by atoms with Gasteiger partial charge in [-0.1, -0.05) is 48.5 Å². The maximum Gasteiger partial charge on any atom is 0.307 e. The van der Waals surface area contributed by atoms with Gasteiger partial charge in [-0.15, -0.1) is 0 Å². The standard InChI is InChI=1S/C22H21ClO4S/c1-15(12-22(24)25)6-4-7-17(3)28(26,27)20-9-5-8-18(14-20)21-11-10-19(23)13-16(21)2/h4-11,13-14H,1,12H2,2-3H3,(H,24,25)/b6-4-,17-7+. The Labute approximate surface area is 170 Å². The molecule has 0 saturated heterocycles. The van der Waals surface area contributed by atoms with Gasteiger partial charge >= 0.3 is 5.97 Å². The molecule has 4 nitrogen and oxygen atoms in total. The first-order valence-corrected chi connectivity index (χ1v) is 10.3. The highest BCUT2D eigenvalue weighted by Crippen LogP contribution is 2.29. The molecule has 2 aromatic carbocycles. The number of hydrogen-bond donors (Lipinski definition) is 1. The zero-order chi connectivity index (χ0) is 20.9. The topological polar surface area (TPSA) is 71.4 Å². The summed E-state index contributed by atoms with van der Waals surface area (Å²) in [6, 6.07) is 12.2. The van der Waals surface area contributed by atoms with E-state index in [1.807, 2.05) is 25.1 Å². The molecule has 6 heteroatoms. The molecule has 0 aromatic heterocycles. The summed E-state index contributed by atoms with van der Waals surface area (Å²) in [5, 5.41) is 9.34. The Kier molecular flexibility index (Phi) is 7.00. The van der Waals surface area contributed by atoms with E-state index in [2.05, 4.69) is 6.58 Å². The molecule has 0 heterocycles. The predicted molar refractivity (Wildman–Crippen MR) is 113 cm³/mol. The molecule has 2 aromatic rings. The van der Waals surface area contributed by atoms with Crippen molar-refractivity contribution in [3.05, 3.63) is 88.3 Å². The van der Waals surface area contributed by atoms with Gasteiger partial charge in [0.15, 0.2) is 0 Å². The van der Waals surface area contributed by atoms with Gasteiger partial charge in [-0.05, 0) is 66.5 Å². The first-order valence-electron chi connectivity index (χ1n) is 8.47. The van der Waals surface area contributed by atoms with E-state index in [4.69, 9.17) is 16.7 Å². The Morgan fingerprint density at radius 3 is 2.57 bits per heavy atom. The molecule has 1 N–H and O–H groups in total. The molecule has 0 spiro atoms. The lowest BCUT2D eigenvalue weighted by molar-refractivity contribution is -0.136. The fraction of sp³-hybridized carbons (Fsp3) is 0.136. The summed E-state index contributed by atoms with van der Waals surface area (Å²) < 4.78 is 25.7. The maximum atomic E-state index is 12.9. The summed E-state index contributed by atoms with van der Waals surface area (Å²) in [5.74, 6) is -0.989. The highest BCUT2D eigenvalue weighted by molar-refractivity contribution is 7.95. The number of halogens is 1. The van der Waals surface area contributed by atoms with Gasteiger partial charge in [-0.3, -0.25) is 4.79 Å². The van der Waals surface area contributed by atoms with Crippen LogP contribution in [-0.2, 0) is 14.6 Å². The molecule has 2 rings (SSSR count). The van der Waals surface area contributed by atoms with E-state index < -0.39 is 15.8 Å². The second-order valence-corrected chi connectivity index (χ2v) is 8.91. The smallest absolute Gasteiger partial charge is 0.307 e. The van der Waals surface area contributed by atoms with Crippen LogP contribution in [0.25, 0.3) is 11.1 Å². The van der Waals surface area contributed by atoms with Crippen molar-refractivity contribution in [1.29, 1.82) is 0 Å². The van der Waals surface area contributed by atoms with Gasteiger partial charge in [-0.2, -0.15) is 0 Å². The number of hydrogen-bond acceptors (Lipinski definition) is 3. The van der Waals surface area contributed by atoms with E-state index in [1.165, 1.54) is 25.2 Å². The van der Waals surface area contributed by atoms with Crippen molar-refractivity contribution >= 4 is 27.4 Å². The van der Waals surface area contributed by atoms with Gasteiger partial charge in [0.2, 0.25) is 9.84 Å². The molecular formula is C22H21ClO4S. The number of carboxylic acids is 1. The van der Waals surface area contributed by atoms with Crippen molar-refractivity contribution in [3.63, 3.8) is 0 Å². The van der Waals surface area contributed by atoms with Crippen LogP contribution in [0.15, 0.2) is 82.6 Å². The molecule has 0 aliphatic carbocycles. The maximum absolute atomic E-state index is 12.9. The summed E-state index contributed by atoms with van der Waals surface area (Å²) in [7, 11) is -3.67. The number of carboxylic acid groups (broad SMARTS) is 1. The van der Waals surface area contributed by atoms with Crippen molar-refractivity contribution in [2.75, 3.05) is 0 Å². The van der Waals surface area contributed by atoms with Crippen LogP contribution in [0, 0.1) is 6.92 Å². The lowest BCUT2D eigenvalue weighted by Gasteiger charge is -2.10. The number of sulfone groups is 1. The third-order valence-corrected chi connectivity index (χ3v) is 6.20. The second-order valence-electron chi connectivity index (χ2n) is 6.36. The molecule has 0 bridgehead atoms.